The molecule has 0 saturated heterocycles. The molecule has 8 heteroatoms. The van der Waals surface area contributed by atoms with Crippen molar-refractivity contribution in [3.63, 3.8) is 0 Å². The zero-order valence-corrected chi connectivity index (χ0v) is 11.8. The minimum Gasteiger partial charge on any atom is -0.497 e. The van der Waals surface area contributed by atoms with Crippen molar-refractivity contribution in [2.24, 2.45) is 0 Å². The number of rotatable bonds is 5. The first-order valence-electron chi connectivity index (χ1n) is 6.23. The molecule has 0 spiro atoms. The van der Waals surface area contributed by atoms with Gasteiger partial charge in [0.2, 0.25) is 0 Å². The molecule has 2 N–H and O–H groups in total. The number of hydrogen-bond acceptors (Lipinski definition) is 6. The number of amides is 1. The van der Waals surface area contributed by atoms with Gasteiger partial charge in [-0.2, -0.15) is 0 Å². The summed E-state index contributed by atoms with van der Waals surface area (Å²) in [6.45, 7) is 1.23. The highest BCUT2D eigenvalue weighted by atomic mass is 16.7. The van der Waals surface area contributed by atoms with Crippen LogP contribution in [0, 0.1) is 0 Å². The van der Waals surface area contributed by atoms with Gasteiger partial charge in [-0.25, -0.2) is 15.1 Å². The first-order chi connectivity index (χ1) is 10.4. The molecule has 0 aliphatic heterocycles. The number of benzene rings is 1. The fourth-order valence-corrected chi connectivity index (χ4v) is 1.62. The van der Waals surface area contributed by atoms with Crippen molar-refractivity contribution >= 4 is 22.8 Å². The van der Waals surface area contributed by atoms with Gasteiger partial charge in [-0.3, -0.25) is 9.63 Å². The van der Waals surface area contributed by atoms with Gasteiger partial charge in [0.1, 0.15) is 16.9 Å². The van der Waals surface area contributed by atoms with Crippen LogP contribution in [0.1, 0.15) is 17.3 Å². The van der Waals surface area contributed by atoms with E-state index in [4.69, 9.17) is 14.3 Å². The number of carbonyl (C=O) groups is 2. The molecule has 2 rings (SSSR count). The summed E-state index contributed by atoms with van der Waals surface area (Å²) in [5, 5.41) is 9.15. The van der Waals surface area contributed by atoms with Gasteiger partial charge < -0.3 is 14.3 Å². The van der Waals surface area contributed by atoms with Gasteiger partial charge in [-0.1, -0.05) is 0 Å². The molecular weight excluding hydrogens is 294 g/mol. The Labute approximate surface area is 124 Å². The molecule has 1 atom stereocenters. The number of aliphatic carboxylic acids is 1. The first-order valence-corrected chi connectivity index (χ1v) is 6.23. The lowest BCUT2D eigenvalue weighted by Crippen LogP contribution is -2.34. The Hall–Kier alpha value is -2.87. The predicted octanol–water partition coefficient (Wildman–Crippen LogP) is 0.936. The fraction of sp³-hybridized carbons (Fsp3) is 0.214. The molecule has 0 bridgehead atoms. The van der Waals surface area contributed by atoms with E-state index in [1.807, 2.05) is 5.48 Å². The van der Waals surface area contributed by atoms with Crippen molar-refractivity contribution in [2.75, 3.05) is 7.11 Å². The third-order valence-electron chi connectivity index (χ3n) is 2.86. The Morgan fingerprint density at radius 3 is 2.68 bits per heavy atom. The molecule has 22 heavy (non-hydrogen) atoms. The maximum atomic E-state index is 11.8. The standard InChI is InChI=1S/C14H13NO7/c1-7(13(17)18)22-15-12(16)10-5-8-3-4-9(20-2)6-11(8)21-14(10)19/h3-7H,1-2H3,(H,15,16)(H,17,18). The molecule has 0 aliphatic carbocycles. The van der Waals surface area contributed by atoms with Crippen LogP contribution >= 0.6 is 0 Å². The summed E-state index contributed by atoms with van der Waals surface area (Å²) in [4.78, 5) is 38.9. The van der Waals surface area contributed by atoms with Crippen molar-refractivity contribution in [3.05, 3.63) is 40.2 Å². The van der Waals surface area contributed by atoms with Crippen molar-refractivity contribution in [2.45, 2.75) is 13.0 Å². The molecule has 0 saturated carbocycles. The number of nitrogens with one attached hydrogen (secondary N) is 1. The molecule has 0 fully saturated rings. The molecule has 1 aromatic carbocycles. The van der Waals surface area contributed by atoms with Crippen LogP contribution in [0.4, 0.5) is 0 Å². The molecule has 1 unspecified atom stereocenters. The second kappa shape index (κ2) is 6.27. The number of ether oxygens (including phenoxy) is 1. The van der Waals surface area contributed by atoms with E-state index in [0.29, 0.717) is 11.1 Å². The lowest BCUT2D eigenvalue weighted by atomic mass is 10.2. The van der Waals surface area contributed by atoms with E-state index < -0.39 is 23.6 Å². The number of fused-ring (bicyclic) bond motifs is 1. The highest BCUT2D eigenvalue weighted by Crippen LogP contribution is 2.20. The van der Waals surface area contributed by atoms with Gasteiger partial charge in [0.05, 0.1) is 7.11 Å². The average molecular weight is 307 g/mol. The second-order valence-electron chi connectivity index (χ2n) is 4.38. The van der Waals surface area contributed by atoms with Crippen LogP contribution in [-0.4, -0.2) is 30.2 Å². The van der Waals surface area contributed by atoms with E-state index in [0.717, 1.165) is 0 Å². The van der Waals surface area contributed by atoms with Gasteiger partial charge in [0.25, 0.3) is 5.91 Å². The molecule has 1 amide bonds. The average Bonchev–Trinajstić information content (AvgIpc) is 2.50. The topological polar surface area (TPSA) is 115 Å². The summed E-state index contributed by atoms with van der Waals surface area (Å²) in [6, 6.07) is 6.10. The quantitative estimate of drug-likeness (QED) is 0.623. The van der Waals surface area contributed by atoms with E-state index in [9.17, 15) is 14.4 Å². The van der Waals surface area contributed by atoms with Crippen LogP contribution < -0.4 is 15.8 Å². The second-order valence-corrected chi connectivity index (χ2v) is 4.38. The molecular formula is C14H13NO7. The van der Waals surface area contributed by atoms with Gasteiger partial charge in [-0.15, -0.1) is 0 Å². The summed E-state index contributed by atoms with van der Waals surface area (Å²) < 4.78 is 10.1. The lowest BCUT2D eigenvalue weighted by molar-refractivity contribution is -0.152. The molecule has 1 heterocycles. The van der Waals surface area contributed by atoms with Gasteiger partial charge >= 0.3 is 11.6 Å². The molecule has 0 aliphatic rings. The van der Waals surface area contributed by atoms with Gasteiger partial charge in [0, 0.05) is 11.5 Å². The number of hydrogen-bond donors (Lipinski definition) is 2. The summed E-state index contributed by atoms with van der Waals surface area (Å²) in [5.74, 6) is -1.64. The maximum absolute atomic E-state index is 11.8. The maximum Gasteiger partial charge on any atom is 0.349 e. The number of methoxy groups -OCH3 is 1. The van der Waals surface area contributed by atoms with Crippen LogP contribution in [0.3, 0.4) is 0 Å². The molecule has 0 radical (unpaired) electrons. The van der Waals surface area contributed by atoms with E-state index in [1.165, 1.54) is 26.2 Å². The Morgan fingerprint density at radius 1 is 1.32 bits per heavy atom. The number of carboxylic acid groups (broad SMARTS) is 1. The molecule has 1 aromatic heterocycles. The Balaban J connectivity index is 2.27. The van der Waals surface area contributed by atoms with Crippen LogP contribution in [0.15, 0.2) is 33.5 Å². The lowest BCUT2D eigenvalue weighted by Gasteiger charge is -2.09. The van der Waals surface area contributed by atoms with Crippen molar-refractivity contribution in [1.82, 2.24) is 5.48 Å². The van der Waals surface area contributed by atoms with Crippen LogP contribution in [0.5, 0.6) is 5.75 Å². The normalized spacial score (nSPS) is 11.9. The minimum absolute atomic E-state index is 0.265. The van der Waals surface area contributed by atoms with E-state index in [2.05, 4.69) is 4.84 Å². The predicted molar refractivity (Wildman–Crippen MR) is 74.7 cm³/mol. The first kappa shape index (κ1) is 15.5. The SMILES string of the molecule is COc1ccc2cc(C(=O)NOC(C)C(=O)O)c(=O)oc2c1. The summed E-state index contributed by atoms with van der Waals surface area (Å²) in [6.07, 6.45) is -1.25. The van der Waals surface area contributed by atoms with E-state index in [1.54, 1.807) is 12.1 Å². The highest BCUT2D eigenvalue weighted by molar-refractivity contribution is 5.96. The summed E-state index contributed by atoms with van der Waals surface area (Å²) in [5.41, 5.74) is 1.00. The largest absolute Gasteiger partial charge is 0.497 e. The van der Waals surface area contributed by atoms with Gasteiger partial charge in [-0.05, 0) is 25.1 Å². The molecule has 8 nitrogen and oxygen atoms in total. The van der Waals surface area contributed by atoms with Gasteiger partial charge in [0.15, 0.2) is 6.10 Å². The van der Waals surface area contributed by atoms with Crippen molar-refractivity contribution < 1.29 is 28.7 Å². The van der Waals surface area contributed by atoms with Crippen LogP contribution in [-0.2, 0) is 9.63 Å². The summed E-state index contributed by atoms with van der Waals surface area (Å²) in [7, 11) is 1.47. The third-order valence-corrected chi connectivity index (χ3v) is 2.86. The zero-order chi connectivity index (χ0) is 16.3. The third kappa shape index (κ3) is 3.23. The smallest absolute Gasteiger partial charge is 0.349 e. The fourth-order valence-electron chi connectivity index (χ4n) is 1.62. The molecule has 2 aromatic rings. The van der Waals surface area contributed by atoms with Crippen molar-refractivity contribution in [3.8, 4) is 5.75 Å². The van der Waals surface area contributed by atoms with Crippen LogP contribution in [0.25, 0.3) is 11.0 Å². The Morgan fingerprint density at radius 2 is 2.05 bits per heavy atom. The van der Waals surface area contributed by atoms with Crippen molar-refractivity contribution in [1.29, 1.82) is 0 Å². The Kier molecular flexibility index (Phi) is 4.42. The van der Waals surface area contributed by atoms with E-state index in [-0.39, 0.29) is 11.1 Å². The molecule has 116 valence electrons. The Bertz CT molecular complexity index is 780. The highest BCUT2D eigenvalue weighted by Gasteiger charge is 2.17. The number of carboxylic acids is 1. The number of hydroxylamine groups is 1. The van der Waals surface area contributed by atoms with Crippen LogP contribution in [0.2, 0.25) is 0 Å². The number of carbonyl (C=O) groups excluding carboxylic acids is 1. The van der Waals surface area contributed by atoms with E-state index >= 15 is 0 Å². The summed E-state index contributed by atoms with van der Waals surface area (Å²) >= 11 is 0. The monoisotopic (exact) mass is 307 g/mol. The zero-order valence-electron chi connectivity index (χ0n) is 11.8. The minimum atomic E-state index is -1.25.